The third-order valence-electron chi connectivity index (χ3n) is 2.46. The van der Waals surface area contributed by atoms with Crippen LogP contribution >= 0.6 is 11.8 Å². The molecule has 1 heterocycles. The topological polar surface area (TPSA) is 46.0 Å². The van der Waals surface area contributed by atoms with Gasteiger partial charge in [-0.1, -0.05) is 17.8 Å². The van der Waals surface area contributed by atoms with Crippen LogP contribution < -0.4 is 0 Å². The van der Waals surface area contributed by atoms with Crippen molar-refractivity contribution in [3.8, 4) is 0 Å². The molecule has 1 aromatic heterocycles. The largest absolute Gasteiger partial charge is 0.388 e. The standard InChI is InChI=1S/C13H12F2N2OS/c1-8-5-16-13(17-6-8)19-7-12(18)9-2-3-10(14)11(15)4-9/h2-6,12,18H,7H2,1H3. The van der Waals surface area contributed by atoms with E-state index in [-0.39, 0.29) is 5.75 Å². The zero-order valence-electron chi connectivity index (χ0n) is 10.2. The van der Waals surface area contributed by atoms with Crippen LogP contribution in [0.3, 0.4) is 0 Å². The molecule has 6 heteroatoms. The number of rotatable bonds is 4. The van der Waals surface area contributed by atoms with Gasteiger partial charge in [0, 0.05) is 18.1 Å². The van der Waals surface area contributed by atoms with Gasteiger partial charge in [-0.25, -0.2) is 18.7 Å². The van der Waals surface area contributed by atoms with Crippen molar-refractivity contribution in [2.45, 2.75) is 18.2 Å². The van der Waals surface area contributed by atoms with E-state index in [1.165, 1.54) is 17.8 Å². The Morgan fingerprint density at radius 3 is 2.53 bits per heavy atom. The first-order valence-corrected chi connectivity index (χ1v) is 6.59. The van der Waals surface area contributed by atoms with Crippen molar-refractivity contribution in [1.82, 2.24) is 9.97 Å². The third kappa shape index (κ3) is 3.71. The Kier molecular flexibility index (Phi) is 4.44. The van der Waals surface area contributed by atoms with Crippen molar-refractivity contribution in [3.63, 3.8) is 0 Å². The first kappa shape index (κ1) is 13.9. The van der Waals surface area contributed by atoms with Gasteiger partial charge in [-0.05, 0) is 30.2 Å². The lowest BCUT2D eigenvalue weighted by molar-refractivity contribution is 0.203. The Labute approximate surface area is 113 Å². The highest BCUT2D eigenvalue weighted by Gasteiger charge is 2.12. The second-order valence-electron chi connectivity index (χ2n) is 4.04. The maximum atomic E-state index is 13.0. The number of nitrogens with zero attached hydrogens (tertiary/aromatic N) is 2. The maximum Gasteiger partial charge on any atom is 0.187 e. The minimum atomic E-state index is -0.965. The summed E-state index contributed by atoms with van der Waals surface area (Å²) in [5.74, 6) is -1.62. The van der Waals surface area contributed by atoms with Crippen LogP contribution in [-0.4, -0.2) is 20.8 Å². The van der Waals surface area contributed by atoms with E-state index in [4.69, 9.17) is 0 Å². The summed E-state index contributed by atoms with van der Waals surface area (Å²) in [6.07, 6.45) is 2.46. The minimum absolute atomic E-state index is 0.272. The minimum Gasteiger partial charge on any atom is -0.388 e. The summed E-state index contributed by atoms with van der Waals surface area (Å²) >= 11 is 1.25. The quantitative estimate of drug-likeness (QED) is 0.692. The molecule has 1 N–H and O–H groups in total. The molecule has 1 unspecified atom stereocenters. The predicted molar refractivity (Wildman–Crippen MR) is 68.8 cm³/mol. The van der Waals surface area contributed by atoms with E-state index in [2.05, 4.69) is 9.97 Å². The Morgan fingerprint density at radius 1 is 1.21 bits per heavy atom. The molecule has 0 fully saturated rings. The number of aliphatic hydroxyl groups is 1. The molecule has 19 heavy (non-hydrogen) atoms. The predicted octanol–water partition coefficient (Wildman–Crippen LogP) is 2.89. The van der Waals surface area contributed by atoms with Crippen molar-refractivity contribution in [3.05, 3.63) is 53.4 Å². The fourth-order valence-corrected chi connectivity index (χ4v) is 2.18. The molecule has 0 bridgehead atoms. The highest BCUT2D eigenvalue weighted by molar-refractivity contribution is 7.99. The van der Waals surface area contributed by atoms with Crippen LogP contribution in [0.15, 0.2) is 35.7 Å². The van der Waals surface area contributed by atoms with E-state index in [1.54, 1.807) is 12.4 Å². The van der Waals surface area contributed by atoms with Gasteiger partial charge in [0.05, 0.1) is 6.10 Å². The lowest BCUT2D eigenvalue weighted by atomic mass is 10.1. The van der Waals surface area contributed by atoms with Gasteiger partial charge in [-0.3, -0.25) is 0 Å². The van der Waals surface area contributed by atoms with Crippen molar-refractivity contribution < 1.29 is 13.9 Å². The van der Waals surface area contributed by atoms with Gasteiger partial charge < -0.3 is 5.11 Å². The number of aryl methyl sites for hydroxylation is 1. The summed E-state index contributed by atoms with van der Waals surface area (Å²) in [4.78, 5) is 8.16. The Morgan fingerprint density at radius 2 is 1.89 bits per heavy atom. The summed E-state index contributed by atoms with van der Waals surface area (Å²) in [6, 6.07) is 3.36. The van der Waals surface area contributed by atoms with E-state index < -0.39 is 17.7 Å². The zero-order chi connectivity index (χ0) is 13.8. The lowest BCUT2D eigenvalue weighted by Crippen LogP contribution is -2.02. The smallest absolute Gasteiger partial charge is 0.187 e. The van der Waals surface area contributed by atoms with E-state index >= 15 is 0 Å². The summed E-state index contributed by atoms with van der Waals surface area (Å²) < 4.78 is 25.8. The monoisotopic (exact) mass is 282 g/mol. The van der Waals surface area contributed by atoms with Gasteiger partial charge in [0.25, 0.3) is 0 Å². The second-order valence-corrected chi connectivity index (χ2v) is 5.03. The average molecular weight is 282 g/mol. The summed E-state index contributed by atoms with van der Waals surface area (Å²) in [5.41, 5.74) is 1.28. The van der Waals surface area contributed by atoms with Crippen LogP contribution in [0.2, 0.25) is 0 Å². The molecule has 0 aliphatic rings. The number of aliphatic hydroxyl groups excluding tert-OH is 1. The number of hydrogen-bond acceptors (Lipinski definition) is 4. The Balaban J connectivity index is 1.98. The van der Waals surface area contributed by atoms with Crippen LogP contribution in [0.4, 0.5) is 8.78 Å². The summed E-state index contributed by atoms with van der Waals surface area (Å²) in [6.45, 7) is 1.88. The highest BCUT2D eigenvalue weighted by Crippen LogP contribution is 2.23. The molecule has 100 valence electrons. The van der Waals surface area contributed by atoms with Crippen molar-refractivity contribution in [2.24, 2.45) is 0 Å². The molecule has 1 atom stereocenters. The maximum absolute atomic E-state index is 13.0. The zero-order valence-corrected chi connectivity index (χ0v) is 11.0. The van der Waals surface area contributed by atoms with Crippen LogP contribution in [-0.2, 0) is 0 Å². The van der Waals surface area contributed by atoms with Crippen LogP contribution in [0.5, 0.6) is 0 Å². The normalized spacial score (nSPS) is 12.4. The third-order valence-corrected chi connectivity index (χ3v) is 3.41. The van der Waals surface area contributed by atoms with E-state index in [0.29, 0.717) is 10.7 Å². The van der Waals surface area contributed by atoms with Crippen LogP contribution in [0.25, 0.3) is 0 Å². The van der Waals surface area contributed by atoms with Gasteiger partial charge in [-0.2, -0.15) is 0 Å². The van der Waals surface area contributed by atoms with Crippen LogP contribution in [0.1, 0.15) is 17.2 Å². The van der Waals surface area contributed by atoms with Gasteiger partial charge in [0.1, 0.15) is 0 Å². The molecule has 2 aromatic rings. The molecule has 0 aliphatic heterocycles. The van der Waals surface area contributed by atoms with Crippen molar-refractivity contribution in [2.75, 3.05) is 5.75 Å². The summed E-state index contributed by atoms with van der Waals surface area (Å²) in [5, 5.41) is 10.4. The van der Waals surface area contributed by atoms with Gasteiger partial charge in [-0.15, -0.1) is 0 Å². The number of benzene rings is 1. The number of hydrogen-bond donors (Lipinski definition) is 1. The second kappa shape index (κ2) is 6.08. The molecular formula is C13H12F2N2OS. The molecule has 0 amide bonds. The van der Waals surface area contributed by atoms with Crippen LogP contribution in [0, 0.1) is 18.6 Å². The van der Waals surface area contributed by atoms with Gasteiger partial charge in [0.15, 0.2) is 16.8 Å². The first-order valence-electron chi connectivity index (χ1n) is 5.60. The first-order chi connectivity index (χ1) is 9.06. The van der Waals surface area contributed by atoms with Crippen molar-refractivity contribution in [1.29, 1.82) is 0 Å². The van der Waals surface area contributed by atoms with Crippen molar-refractivity contribution >= 4 is 11.8 Å². The van der Waals surface area contributed by atoms with E-state index in [0.717, 1.165) is 17.7 Å². The molecule has 2 rings (SSSR count). The molecule has 3 nitrogen and oxygen atoms in total. The fourth-order valence-electron chi connectivity index (χ4n) is 1.42. The van der Waals surface area contributed by atoms with E-state index in [9.17, 15) is 13.9 Å². The molecule has 0 spiro atoms. The van der Waals surface area contributed by atoms with Gasteiger partial charge in [0.2, 0.25) is 0 Å². The molecule has 1 aromatic carbocycles. The number of aromatic nitrogens is 2. The fraction of sp³-hybridized carbons (Fsp3) is 0.231. The Bertz CT molecular complexity index is 563. The molecule has 0 aliphatic carbocycles. The molecule has 0 saturated carbocycles. The molecule has 0 radical (unpaired) electrons. The lowest BCUT2D eigenvalue weighted by Gasteiger charge is -2.10. The van der Waals surface area contributed by atoms with E-state index in [1.807, 2.05) is 6.92 Å². The number of thioether (sulfide) groups is 1. The molecule has 0 saturated heterocycles. The molecular weight excluding hydrogens is 270 g/mol. The SMILES string of the molecule is Cc1cnc(SCC(O)c2ccc(F)c(F)c2)nc1. The average Bonchev–Trinajstić information content (AvgIpc) is 2.41. The van der Waals surface area contributed by atoms with Gasteiger partial charge >= 0.3 is 0 Å². The Hall–Kier alpha value is -1.53. The number of halogens is 2. The summed E-state index contributed by atoms with van der Waals surface area (Å²) in [7, 11) is 0. The highest BCUT2D eigenvalue weighted by atomic mass is 32.2.